The monoisotopic (exact) mass is 447 g/mol. The van der Waals surface area contributed by atoms with E-state index in [0.717, 1.165) is 31.1 Å². The van der Waals surface area contributed by atoms with Gasteiger partial charge in [0.15, 0.2) is 0 Å². The molecule has 1 aromatic heterocycles. The summed E-state index contributed by atoms with van der Waals surface area (Å²) in [6.07, 6.45) is 4.12. The Hall–Kier alpha value is -2.19. The van der Waals surface area contributed by atoms with E-state index in [4.69, 9.17) is 4.18 Å². The number of carbonyl (C=O) groups is 1. The van der Waals surface area contributed by atoms with Crippen molar-refractivity contribution in [3.8, 4) is 11.3 Å². The predicted octanol–water partition coefficient (Wildman–Crippen LogP) is 4.17. The first kappa shape index (κ1) is 23.5. The van der Waals surface area contributed by atoms with E-state index in [1.807, 2.05) is 36.4 Å². The molecule has 1 heterocycles. The normalized spacial score (nSPS) is 21.9. The number of nitrogens with one attached hydrogen (secondary N) is 1. The Kier molecular flexibility index (Phi) is 7.54. The first-order chi connectivity index (χ1) is 14.6. The fourth-order valence-corrected chi connectivity index (χ4v) is 4.81. The molecule has 0 saturated heterocycles. The SMILES string of the molecule is CC1CCC(C(C)C)C(C(=O)Nc2cc(-c3ccccc3)nn2CCOS(C)(=O)=O)C1. The van der Waals surface area contributed by atoms with Crippen LogP contribution in [0.15, 0.2) is 36.4 Å². The second kappa shape index (κ2) is 9.96. The zero-order chi connectivity index (χ0) is 22.6. The number of amides is 1. The molecular weight excluding hydrogens is 414 g/mol. The van der Waals surface area contributed by atoms with Gasteiger partial charge >= 0.3 is 0 Å². The van der Waals surface area contributed by atoms with Gasteiger partial charge in [0.1, 0.15) is 5.82 Å². The van der Waals surface area contributed by atoms with Crippen LogP contribution >= 0.6 is 0 Å². The van der Waals surface area contributed by atoms with Crippen LogP contribution in [0.5, 0.6) is 0 Å². The third-order valence-corrected chi connectivity index (χ3v) is 6.66. The summed E-state index contributed by atoms with van der Waals surface area (Å²) < 4.78 is 29.2. The molecular formula is C23H33N3O4S. The Labute approximate surface area is 185 Å². The minimum Gasteiger partial charge on any atom is -0.311 e. The summed E-state index contributed by atoms with van der Waals surface area (Å²) >= 11 is 0. The standard InChI is InChI=1S/C23H33N3O4S/c1-16(2)19-11-10-17(3)14-20(19)23(27)24-22-15-21(18-8-6-5-7-9-18)25-26(22)12-13-30-31(4,28)29/h5-9,15-17,19-20H,10-14H2,1-4H3,(H,24,27). The molecule has 1 fully saturated rings. The highest BCUT2D eigenvalue weighted by Gasteiger charge is 2.35. The molecule has 0 radical (unpaired) electrons. The van der Waals surface area contributed by atoms with Crippen molar-refractivity contribution in [2.45, 2.75) is 46.6 Å². The van der Waals surface area contributed by atoms with E-state index in [1.54, 1.807) is 4.68 Å². The van der Waals surface area contributed by atoms with Crippen LogP contribution in [0.1, 0.15) is 40.0 Å². The van der Waals surface area contributed by atoms with Crippen molar-refractivity contribution in [3.63, 3.8) is 0 Å². The number of hydrogen-bond acceptors (Lipinski definition) is 5. The highest BCUT2D eigenvalue weighted by molar-refractivity contribution is 7.85. The van der Waals surface area contributed by atoms with Crippen LogP contribution in [-0.4, -0.2) is 37.0 Å². The second-order valence-electron chi connectivity index (χ2n) is 8.95. The molecule has 3 unspecified atom stereocenters. The molecule has 2 aromatic rings. The van der Waals surface area contributed by atoms with Crippen LogP contribution < -0.4 is 5.32 Å². The van der Waals surface area contributed by atoms with Crippen molar-refractivity contribution in [1.82, 2.24) is 9.78 Å². The molecule has 7 nitrogen and oxygen atoms in total. The van der Waals surface area contributed by atoms with Gasteiger partial charge in [-0.1, -0.05) is 57.5 Å². The number of carbonyl (C=O) groups excluding carboxylic acids is 1. The molecule has 1 aliphatic rings. The smallest absolute Gasteiger partial charge is 0.264 e. The number of aromatic nitrogens is 2. The predicted molar refractivity (Wildman–Crippen MR) is 122 cm³/mol. The number of anilines is 1. The Bertz CT molecular complexity index is 986. The van der Waals surface area contributed by atoms with Crippen molar-refractivity contribution in [2.75, 3.05) is 18.2 Å². The van der Waals surface area contributed by atoms with Crippen LogP contribution in [0, 0.1) is 23.7 Å². The summed E-state index contributed by atoms with van der Waals surface area (Å²) in [6, 6.07) is 11.5. The maximum absolute atomic E-state index is 13.3. The highest BCUT2D eigenvalue weighted by atomic mass is 32.2. The average molecular weight is 448 g/mol. The summed E-state index contributed by atoms with van der Waals surface area (Å²) in [5.74, 6) is 1.85. The Morgan fingerprint density at radius 3 is 2.61 bits per heavy atom. The third kappa shape index (κ3) is 6.40. The quantitative estimate of drug-likeness (QED) is 0.613. The molecule has 1 saturated carbocycles. The van der Waals surface area contributed by atoms with Crippen molar-refractivity contribution in [1.29, 1.82) is 0 Å². The van der Waals surface area contributed by atoms with Gasteiger partial charge < -0.3 is 5.32 Å². The summed E-state index contributed by atoms with van der Waals surface area (Å²) in [5, 5.41) is 7.67. The first-order valence-corrected chi connectivity index (χ1v) is 12.7. The van der Waals surface area contributed by atoms with Gasteiger partial charge in [0, 0.05) is 17.5 Å². The summed E-state index contributed by atoms with van der Waals surface area (Å²) in [6.45, 7) is 6.73. The van der Waals surface area contributed by atoms with Gasteiger partial charge in [-0.25, -0.2) is 4.68 Å². The Balaban J connectivity index is 1.83. The van der Waals surface area contributed by atoms with Crippen molar-refractivity contribution in [2.24, 2.45) is 23.7 Å². The lowest BCUT2D eigenvalue weighted by atomic mass is 9.70. The molecule has 1 aliphatic carbocycles. The molecule has 31 heavy (non-hydrogen) atoms. The lowest BCUT2D eigenvalue weighted by Gasteiger charge is -2.36. The van der Waals surface area contributed by atoms with Gasteiger partial charge in [-0.3, -0.25) is 8.98 Å². The Morgan fingerprint density at radius 2 is 1.97 bits per heavy atom. The van der Waals surface area contributed by atoms with Gasteiger partial charge in [0.2, 0.25) is 5.91 Å². The van der Waals surface area contributed by atoms with Crippen LogP contribution in [0.4, 0.5) is 5.82 Å². The maximum Gasteiger partial charge on any atom is 0.264 e. The topological polar surface area (TPSA) is 90.3 Å². The zero-order valence-corrected chi connectivity index (χ0v) is 19.6. The number of rotatable bonds is 8. The molecule has 1 amide bonds. The van der Waals surface area contributed by atoms with Gasteiger partial charge in [0.05, 0.1) is 25.1 Å². The van der Waals surface area contributed by atoms with E-state index in [2.05, 4.69) is 31.2 Å². The van der Waals surface area contributed by atoms with Gasteiger partial charge in [0.25, 0.3) is 10.1 Å². The van der Waals surface area contributed by atoms with Gasteiger partial charge in [-0.15, -0.1) is 0 Å². The van der Waals surface area contributed by atoms with E-state index < -0.39 is 10.1 Å². The minimum absolute atomic E-state index is 0.00930. The lowest BCUT2D eigenvalue weighted by molar-refractivity contribution is -0.124. The molecule has 3 atom stereocenters. The van der Waals surface area contributed by atoms with Crippen LogP contribution in [0.25, 0.3) is 11.3 Å². The largest absolute Gasteiger partial charge is 0.311 e. The molecule has 1 N–H and O–H groups in total. The summed E-state index contributed by atoms with van der Waals surface area (Å²) in [7, 11) is -3.54. The molecule has 0 spiro atoms. The van der Waals surface area contributed by atoms with Crippen molar-refractivity contribution < 1.29 is 17.4 Å². The summed E-state index contributed by atoms with van der Waals surface area (Å²) in [5.41, 5.74) is 1.64. The number of benzene rings is 1. The summed E-state index contributed by atoms with van der Waals surface area (Å²) in [4.78, 5) is 13.3. The maximum atomic E-state index is 13.3. The van der Waals surface area contributed by atoms with E-state index >= 15 is 0 Å². The van der Waals surface area contributed by atoms with E-state index in [-0.39, 0.29) is 25.0 Å². The van der Waals surface area contributed by atoms with Crippen LogP contribution in [-0.2, 0) is 25.6 Å². The lowest BCUT2D eigenvalue weighted by Crippen LogP contribution is -2.37. The first-order valence-electron chi connectivity index (χ1n) is 10.9. The number of hydrogen-bond donors (Lipinski definition) is 1. The molecule has 0 bridgehead atoms. The molecule has 8 heteroatoms. The third-order valence-electron chi connectivity index (χ3n) is 6.06. The Morgan fingerprint density at radius 1 is 1.26 bits per heavy atom. The number of nitrogens with zero attached hydrogens (tertiary/aromatic N) is 2. The zero-order valence-electron chi connectivity index (χ0n) is 18.7. The molecule has 3 rings (SSSR count). The van der Waals surface area contributed by atoms with Gasteiger partial charge in [-0.2, -0.15) is 13.5 Å². The fraction of sp³-hybridized carbons (Fsp3) is 0.565. The van der Waals surface area contributed by atoms with E-state index in [1.165, 1.54) is 0 Å². The fourth-order valence-electron chi connectivity index (χ4n) is 4.44. The van der Waals surface area contributed by atoms with Crippen LogP contribution in [0.3, 0.4) is 0 Å². The average Bonchev–Trinajstić information content (AvgIpc) is 3.10. The molecule has 1 aromatic carbocycles. The minimum atomic E-state index is -3.54. The van der Waals surface area contributed by atoms with Gasteiger partial charge in [-0.05, 0) is 30.6 Å². The van der Waals surface area contributed by atoms with E-state index in [9.17, 15) is 13.2 Å². The molecule has 170 valence electrons. The second-order valence-corrected chi connectivity index (χ2v) is 10.6. The van der Waals surface area contributed by atoms with Crippen molar-refractivity contribution >= 4 is 21.8 Å². The van der Waals surface area contributed by atoms with E-state index in [0.29, 0.717) is 29.3 Å². The van der Waals surface area contributed by atoms with Crippen LogP contribution in [0.2, 0.25) is 0 Å². The highest BCUT2D eigenvalue weighted by Crippen LogP contribution is 2.38. The molecule has 0 aliphatic heterocycles. The van der Waals surface area contributed by atoms with Crippen molar-refractivity contribution in [3.05, 3.63) is 36.4 Å².